The maximum atomic E-state index is 12.7. The largest absolute Gasteiger partial charge is 0.472 e. The fourth-order valence-electron chi connectivity index (χ4n) is 6.17. The van der Waals surface area contributed by atoms with E-state index in [2.05, 4.69) is 13.8 Å². The molecule has 0 spiro atoms. The first-order chi connectivity index (χ1) is 14.1. The molecule has 0 unspecified atom stereocenters. The van der Waals surface area contributed by atoms with E-state index in [4.69, 9.17) is 13.9 Å². The van der Waals surface area contributed by atoms with Crippen LogP contribution in [0.3, 0.4) is 0 Å². The predicted molar refractivity (Wildman–Crippen MR) is 110 cm³/mol. The number of Topliss-reactive ketones (excluding diaryl/α,β-unsaturated/α-hetero) is 1. The van der Waals surface area contributed by atoms with Crippen molar-refractivity contribution < 1.29 is 28.3 Å². The highest BCUT2D eigenvalue weighted by atomic mass is 16.5. The molecule has 0 saturated heterocycles. The highest BCUT2D eigenvalue weighted by molar-refractivity contribution is 5.82. The summed E-state index contributed by atoms with van der Waals surface area (Å²) in [6, 6.07) is 1.95. The van der Waals surface area contributed by atoms with Gasteiger partial charge in [-0.3, -0.25) is 14.4 Å². The molecule has 166 valence electrons. The molecule has 3 rings (SSSR count). The van der Waals surface area contributed by atoms with Crippen LogP contribution >= 0.6 is 0 Å². The number of ketones is 1. The summed E-state index contributed by atoms with van der Waals surface area (Å²) >= 11 is 0. The molecule has 1 heterocycles. The van der Waals surface area contributed by atoms with Crippen LogP contribution in [-0.2, 0) is 30.3 Å². The summed E-state index contributed by atoms with van der Waals surface area (Å²) < 4.78 is 16.7. The van der Waals surface area contributed by atoms with Gasteiger partial charge in [-0.05, 0) is 48.6 Å². The van der Waals surface area contributed by atoms with Crippen LogP contribution in [0.1, 0.15) is 65.9 Å². The molecular weight excluding hydrogens is 384 g/mol. The number of hydrogen-bond donors (Lipinski definition) is 0. The highest BCUT2D eigenvalue weighted by Gasteiger charge is 2.62. The molecule has 6 heteroatoms. The monoisotopic (exact) mass is 418 g/mol. The molecule has 2 aliphatic carbocycles. The third-order valence-electron chi connectivity index (χ3n) is 8.07. The van der Waals surface area contributed by atoms with Gasteiger partial charge in [0.1, 0.15) is 11.9 Å². The van der Waals surface area contributed by atoms with Crippen LogP contribution in [0.25, 0.3) is 0 Å². The van der Waals surface area contributed by atoms with Crippen LogP contribution < -0.4 is 0 Å². The Morgan fingerprint density at radius 2 is 1.97 bits per heavy atom. The number of aryl methyl sites for hydroxylation is 1. The zero-order valence-electron chi connectivity index (χ0n) is 18.7. The van der Waals surface area contributed by atoms with E-state index in [0.717, 1.165) is 24.8 Å². The van der Waals surface area contributed by atoms with Gasteiger partial charge in [0.25, 0.3) is 0 Å². The first-order valence-corrected chi connectivity index (χ1v) is 10.9. The Hall–Kier alpha value is -2.11. The number of esters is 2. The van der Waals surface area contributed by atoms with Crippen LogP contribution in [0.5, 0.6) is 0 Å². The van der Waals surface area contributed by atoms with Crippen molar-refractivity contribution in [1.29, 1.82) is 0 Å². The minimum atomic E-state index is -0.398. The molecule has 0 radical (unpaired) electrons. The molecule has 6 atom stereocenters. The van der Waals surface area contributed by atoms with Gasteiger partial charge in [0.15, 0.2) is 0 Å². The Morgan fingerprint density at radius 1 is 1.23 bits per heavy atom. The molecule has 0 aromatic carbocycles. The molecule has 0 amide bonds. The van der Waals surface area contributed by atoms with Gasteiger partial charge in [0, 0.05) is 37.5 Å². The molecule has 2 aliphatic rings. The van der Waals surface area contributed by atoms with Crippen molar-refractivity contribution in [3.63, 3.8) is 0 Å². The number of fused-ring (bicyclic) bond motifs is 1. The van der Waals surface area contributed by atoms with Crippen LogP contribution in [0.2, 0.25) is 0 Å². The minimum Gasteiger partial charge on any atom is -0.472 e. The van der Waals surface area contributed by atoms with E-state index in [0.29, 0.717) is 12.8 Å². The van der Waals surface area contributed by atoms with Gasteiger partial charge in [-0.1, -0.05) is 20.8 Å². The molecule has 6 nitrogen and oxygen atoms in total. The van der Waals surface area contributed by atoms with E-state index in [9.17, 15) is 14.4 Å². The van der Waals surface area contributed by atoms with Crippen molar-refractivity contribution >= 4 is 17.7 Å². The summed E-state index contributed by atoms with van der Waals surface area (Å²) in [5, 5.41) is 0. The van der Waals surface area contributed by atoms with Crippen molar-refractivity contribution in [2.75, 3.05) is 6.61 Å². The number of hydrogen-bond acceptors (Lipinski definition) is 6. The molecule has 0 N–H and O–H groups in total. The van der Waals surface area contributed by atoms with Crippen LogP contribution in [0.4, 0.5) is 0 Å². The van der Waals surface area contributed by atoms with Crippen LogP contribution in [0.15, 0.2) is 23.0 Å². The second-order valence-corrected chi connectivity index (χ2v) is 9.57. The lowest BCUT2D eigenvalue weighted by Gasteiger charge is -2.62. The Kier molecular flexibility index (Phi) is 6.44. The number of carbonyl (C=O) groups is 3. The molecule has 1 aromatic rings. The van der Waals surface area contributed by atoms with Crippen LogP contribution in [0, 0.1) is 28.6 Å². The van der Waals surface area contributed by atoms with Crippen molar-refractivity contribution in [2.45, 2.75) is 72.8 Å². The van der Waals surface area contributed by atoms with Gasteiger partial charge in [-0.2, -0.15) is 0 Å². The van der Waals surface area contributed by atoms with Crippen molar-refractivity contribution in [1.82, 2.24) is 0 Å². The van der Waals surface area contributed by atoms with Crippen molar-refractivity contribution in [2.24, 2.45) is 28.6 Å². The maximum Gasteiger partial charge on any atom is 0.302 e. The van der Waals surface area contributed by atoms with Gasteiger partial charge in [-0.25, -0.2) is 0 Å². The lowest BCUT2D eigenvalue weighted by molar-refractivity contribution is -0.204. The standard InChI is InChI=1S/C24H34O6/c1-15-20(27)6-7-22-23(15,5)12-21(30-18(4)26)16(2)24(22,14-29-17(3)25)10-8-19-9-11-28-13-19/h9,11,13,15-16,21-22H,6-8,10,12,14H2,1-5H3/t15-,16-,21+,22+,23+,24-/m0/s1. The van der Waals surface area contributed by atoms with E-state index in [1.807, 2.05) is 13.0 Å². The number of furan rings is 1. The SMILES string of the molecule is CC(=O)OC[C@]1(CCc2ccoc2)[C@@H]2CCC(=O)[C@H](C)[C@@]2(C)C[C@@H](OC(C)=O)[C@@H]1C. The zero-order valence-corrected chi connectivity index (χ0v) is 18.7. The van der Waals surface area contributed by atoms with E-state index in [1.165, 1.54) is 13.8 Å². The van der Waals surface area contributed by atoms with Crippen LogP contribution in [-0.4, -0.2) is 30.4 Å². The molecule has 1 aromatic heterocycles. The van der Waals surface area contributed by atoms with Gasteiger partial charge < -0.3 is 13.9 Å². The molecule has 2 fully saturated rings. The number of carbonyl (C=O) groups excluding carboxylic acids is 3. The summed E-state index contributed by atoms with van der Waals surface area (Å²) in [7, 11) is 0. The first-order valence-electron chi connectivity index (χ1n) is 10.9. The second kappa shape index (κ2) is 8.56. The van der Waals surface area contributed by atoms with E-state index < -0.39 is 5.41 Å². The second-order valence-electron chi connectivity index (χ2n) is 9.57. The summed E-state index contributed by atoms with van der Waals surface area (Å²) in [4.78, 5) is 36.4. The molecule has 0 aliphatic heterocycles. The van der Waals surface area contributed by atoms with Crippen molar-refractivity contribution in [3.05, 3.63) is 24.2 Å². The third-order valence-corrected chi connectivity index (χ3v) is 8.07. The fourth-order valence-corrected chi connectivity index (χ4v) is 6.17. The van der Waals surface area contributed by atoms with Gasteiger partial charge in [0.05, 0.1) is 19.1 Å². The van der Waals surface area contributed by atoms with Gasteiger partial charge in [0.2, 0.25) is 0 Å². The average Bonchev–Trinajstić information content (AvgIpc) is 3.19. The fraction of sp³-hybridized carbons (Fsp3) is 0.708. The lowest BCUT2D eigenvalue weighted by Crippen LogP contribution is -2.62. The highest BCUT2D eigenvalue weighted by Crippen LogP contribution is 2.63. The van der Waals surface area contributed by atoms with E-state index >= 15 is 0 Å². The number of ether oxygens (including phenoxy) is 2. The summed E-state index contributed by atoms with van der Waals surface area (Å²) in [5.41, 5.74) is 0.365. The van der Waals surface area contributed by atoms with Gasteiger partial charge in [-0.15, -0.1) is 0 Å². The zero-order chi connectivity index (χ0) is 22.1. The smallest absolute Gasteiger partial charge is 0.302 e. The third kappa shape index (κ3) is 4.06. The van der Waals surface area contributed by atoms with Gasteiger partial charge >= 0.3 is 11.9 Å². The number of rotatable bonds is 6. The quantitative estimate of drug-likeness (QED) is 0.639. The molecule has 2 saturated carbocycles. The molecule has 30 heavy (non-hydrogen) atoms. The first kappa shape index (κ1) is 22.6. The molecule has 0 bridgehead atoms. The van der Waals surface area contributed by atoms with Crippen molar-refractivity contribution in [3.8, 4) is 0 Å². The average molecular weight is 419 g/mol. The van der Waals surface area contributed by atoms with E-state index in [-0.39, 0.29) is 53.6 Å². The molecular formula is C24H34O6. The Bertz CT molecular complexity index is 784. The normalized spacial score (nSPS) is 36.1. The Morgan fingerprint density at radius 3 is 2.57 bits per heavy atom. The van der Waals surface area contributed by atoms with E-state index in [1.54, 1.807) is 12.5 Å². The Labute approximate surface area is 178 Å². The summed E-state index contributed by atoms with van der Waals surface area (Å²) in [5.74, 6) is -0.327. The minimum absolute atomic E-state index is 0.00821. The summed E-state index contributed by atoms with van der Waals surface area (Å²) in [6.07, 6.45) is 6.57. The Balaban J connectivity index is 2.05. The maximum absolute atomic E-state index is 12.7. The summed E-state index contributed by atoms with van der Waals surface area (Å²) in [6.45, 7) is 9.38. The lowest BCUT2D eigenvalue weighted by atomic mass is 9.43. The topological polar surface area (TPSA) is 82.8 Å². The predicted octanol–water partition coefficient (Wildman–Crippen LogP) is 4.35.